The van der Waals surface area contributed by atoms with E-state index in [1.54, 1.807) is 0 Å². The molecule has 0 saturated heterocycles. The van der Waals surface area contributed by atoms with Crippen molar-refractivity contribution in [1.29, 1.82) is 0 Å². The van der Waals surface area contributed by atoms with Gasteiger partial charge in [-0.05, 0) is 62.1 Å². The lowest BCUT2D eigenvalue weighted by molar-refractivity contribution is 0.145. The third-order valence-corrected chi connectivity index (χ3v) is 4.95. The molecule has 1 heterocycles. The molecule has 3 nitrogen and oxygen atoms in total. The van der Waals surface area contributed by atoms with Crippen LogP contribution in [0.4, 0.5) is 0 Å². The average molecular weight is 384 g/mol. The van der Waals surface area contributed by atoms with Gasteiger partial charge in [0, 0.05) is 25.0 Å². The molecule has 0 saturated carbocycles. The Morgan fingerprint density at radius 3 is 2.18 bits per heavy atom. The first-order valence-corrected chi connectivity index (χ1v) is 11.1. The van der Waals surface area contributed by atoms with E-state index in [4.69, 9.17) is 9.47 Å². The summed E-state index contributed by atoms with van der Waals surface area (Å²) in [7, 11) is 0. The largest absolute Gasteiger partial charge is 0.494 e. The molecule has 0 atom stereocenters. The number of pyridine rings is 1. The zero-order chi connectivity index (χ0) is 19.9. The van der Waals surface area contributed by atoms with Gasteiger partial charge in [-0.15, -0.1) is 0 Å². The fourth-order valence-corrected chi connectivity index (χ4v) is 3.24. The second kappa shape index (κ2) is 14.2. The Bertz CT molecular complexity index is 622. The Kier molecular flexibility index (Phi) is 11.3. The molecule has 0 aliphatic heterocycles. The molecule has 28 heavy (non-hydrogen) atoms. The van der Waals surface area contributed by atoms with E-state index in [2.05, 4.69) is 36.2 Å². The number of nitrogens with zero attached hydrogens (tertiary/aromatic N) is 1. The lowest BCUT2D eigenvalue weighted by Crippen LogP contribution is -1.97. The predicted molar refractivity (Wildman–Crippen MR) is 118 cm³/mol. The monoisotopic (exact) mass is 383 g/mol. The summed E-state index contributed by atoms with van der Waals surface area (Å²) in [5.41, 5.74) is 3.40. The van der Waals surface area contributed by atoms with E-state index in [1.165, 1.54) is 44.1 Å². The maximum atomic E-state index is 5.88. The fourth-order valence-electron chi connectivity index (χ4n) is 3.24. The quantitative estimate of drug-likeness (QED) is 0.315. The lowest BCUT2D eigenvalue weighted by Gasteiger charge is -2.08. The molecule has 0 aliphatic carbocycles. The Morgan fingerprint density at radius 2 is 1.50 bits per heavy atom. The fraction of sp³-hybridized carbons (Fsp3) is 0.560. The van der Waals surface area contributed by atoms with Crippen LogP contribution >= 0.6 is 0 Å². The minimum atomic E-state index is 0.788. The molecule has 1 aromatic heterocycles. The highest BCUT2D eigenvalue weighted by Crippen LogP contribution is 2.21. The summed E-state index contributed by atoms with van der Waals surface area (Å²) in [6.45, 7) is 6.70. The van der Waals surface area contributed by atoms with Gasteiger partial charge < -0.3 is 9.47 Å². The van der Waals surface area contributed by atoms with Crippen LogP contribution in [0.2, 0.25) is 0 Å². The van der Waals surface area contributed by atoms with Gasteiger partial charge in [0.15, 0.2) is 0 Å². The Balaban J connectivity index is 1.68. The van der Waals surface area contributed by atoms with Crippen LogP contribution in [0, 0.1) is 0 Å². The minimum absolute atomic E-state index is 0.788. The summed E-state index contributed by atoms with van der Waals surface area (Å²) >= 11 is 0. The molecule has 0 amide bonds. The third kappa shape index (κ3) is 8.88. The Morgan fingerprint density at radius 1 is 0.750 bits per heavy atom. The van der Waals surface area contributed by atoms with E-state index in [0.29, 0.717) is 0 Å². The average Bonchev–Trinajstić information content (AvgIpc) is 2.74. The van der Waals surface area contributed by atoms with Crippen LogP contribution in [0.25, 0.3) is 11.3 Å². The molecule has 2 rings (SSSR count). The summed E-state index contributed by atoms with van der Waals surface area (Å²) in [5, 5.41) is 0. The van der Waals surface area contributed by atoms with Crippen LogP contribution < -0.4 is 4.74 Å². The van der Waals surface area contributed by atoms with Crippen molar-refractivity contribution >= 4 is 0 Å². The van der Waals surface area contributed by atoms with Gasteiger partial charge in [0.25, 0.3) is 0 Å². The van der Waals surface area contributed by atoms with E-state index >= 15 is 0 Å². The zero-order valence-corrected chi connectivity index (χ0v) is 17.8. The minimum Gasteiger partial charge on any atom is -0.494 e. The molecule has 0 aliphatic rings. The van der Waals surface area contributed by atoms with Crippen molar-refractivity contribution in [2.24, 2.45) is 0 Å². The molecular weight excluding hydrogens is 346 g/mol. The molecule has 2 aromatic rings. The number of hydrogen-bond acceptors (Lipinski definition) is 3. The van der Waals surface area contributed by atoms with Crippen molar-refractivity contribution in [1.82, 2.24) is 4.98 Å². The molecule has 154 valence electrons. The normalized spacial score (nSPS) is 10.9. The second-order valence-corrected chi connectivity index (χ2v) is 7.35. The highest BCUT2D eigenvalue weighted by atomic mass is 16.5. The van der Waals surface area contributed by atoms with Gasteiger partial charge in [0.2, 0.25) is 0 Å². The van der Waals surface area contributed by atoms with Crippen molar-refractivity contribution in [3.05, 3.63) is 48.2 Å². The van der Waals surface area contributed by atoms with Gasteiger partial charge in [-0.2, -0.15) is 0 Å². The SMILES string of the molecule is CCCCCCCCCOc1ccc(-c2ccc(CCCOCC)cn2)cc1. The van der Waals surface area contributed by atoms with Crippen LogP contribution in [0.1, 0.15) is 70.8 Å². The number of aromatic nitrogens is 1. The van der Waals surface area contributed by atoms with Crippen LogP contribution in [0.3, 0.4) is 0 Å². The number of benzene rings is 1. The summed E-state index contributed by atoms with van der Waals surface area (Å²) in [6, 6.07) is 12.6. The van der Waals surface area contributed by atoms with E-state index < -0.39 is 0 Å². The molecule has 0 radical (unpaired) electrons. The number of unbranched alkanes of at least 4 members (excludes halogenated alkanes) is 6. The van der Waals surface area contributed by atoms with Crippen LogP contribution in [-0.4, -0.2) is 24.8 Å². The number of hydrogen-bond donors (Lipinski definition) is 0. The number of rotatable bonds is 15. The highest BCUT2D eigenvalue weighted by molar-refractivity contribution is 5.60. The Hall–Kier alpha value is -1.87. The van der Waals surface area contributed by atoms with Crippen molar-refractivity contribution in [2.75, 3.05) is 19.8 Å². The zero-order valence-electron chi connectivity index (χ0n) is 17.8. The molecule has 0 fully saturated rings. The van der Waals surface area contributed by atoms with Crippen molar-refractivity contribution in [3.63, 3.8) is 0 Å². The van der Waals surface area contributed by atoms with Crippen molar-refractivity contribution in [3.8, 4) is 17.0 Å². The molecule has 1 aromatic carbocycles. The van der Waals surface area contributed by atoms with Gasteiger partial charge in [0.05, 0.1) is 12.3 Å². The molecule has 0 spiro atoms. The molecule has 0 N–H and O–H groups in total. The van der Waals surface area contributed by atoms with E-state index in [1.807, 2.05) is 25.3 Å². The van der Waals surface area contributed by atoms with Gasteiger partial charge >= 0.3 is 0 Å². The first-order chi connectivity index (χ1) is 13.8. The summed E-state index contributed by atoms with van der Waals surface area (Å²) in [6.07, 6.45) is 13.2. The number of aryl methyl sites for hydroxylation is 1. The maximum absolute atomic E-state index is 5.88. The van der Waals surface area contributed by atoms with Crippen molar-refractivity contribution < 1.29 is 9.47 Å². The van der Waals surface area contributed by atoms with Gasteiger partial charge in [-0.1, -0.05) is 51.5 Å². The van der Waals surface area contributed by atoms with Crippen LogP contribution in [0.5, 0.6) is 5.75 Å². The first-order valence-electron chi connectivity index (χ1n) is 11.1. The topological polar surface area (TPSA) is 31.4 Å². The summed E-state index contributed by atoms with van der Waals surface area (Å²) in [4.78, 5) is 4.61. The van der Waals surface area contributed by atoms with Gasteiger partial charge in [-0.3, -0.25) is 4.98 Å². The third-order valence-electron chi connectivity index (χ3n) is 4.95. The number of ether oxygens (including phenoxy) is 2. The first kappa shape index (κ1) is 22.4. The summed E-state index contributed by atoms with van der Waals surface area (Å²) in [5.74, 6) is 0.947. The molecule has 3 heteroatoms. The van der Waals surface area contributed by atoms with E-state index in [0.717, 1.165) is 56.1 Å². The highest BCUT2D eigenvalue weighted by Gasteiger charge is 2.02. The van der Waals surface area contributed by atoms with E-state index in [9.17, 15) is 0 Å². The van der Waals surface area contributed by atoms with Crippen LogP contribution in [0.15, 0.2) is 42.6 Å². The molecule has 0 unspecified atom stereocenters. The smallest absolute Gasteiger partial charge is 0.119 e. The van der Waals surface area contributed by atoms with Crippen molar-refractivity contribution in [2.45, 2.75) is 71.6 Å². The summed E-state index contributed by atoms with van der Waals surface area (Å²) < 4.78 is 11.3. The predicted octanol–water partition coefficient (Wildman–Crippen LogP) is 6.85. The maximum Gasteiger partial charge on any atom is 0.119 e. The Labute approximate surface area is 171 Å². The molecular formula is C25H37NO2. The lowest BCUT2D eigenvalue weighted by atomic mass is 10.1. The van der Waals surface area contributed by atoms with E-state index in [-0.39, 0.29) is 0 Å². The van der Waals surface area contributed by atoms with Gasteiger partial charge in [0.1, 0.15) is 5.75 Å². The second-order valence-electron chi connectivity index (χ2n) is 7.35. The van der Waals surface area contributed by atoms with Crippen LogP contribution in [-0.2, 0) is 11.2 Å². The van der Waals surface area contributed by atoms with Gasteiger partial charge in [-0.25, -0.2) is 0 Å². The molecule has 0 bridgehead atoms. The standard InChI is InChI=1S/C25H37NO2/c1-3-5-6-7-8-9-10-20-28-24-16-14-23(15-17-24)25-18-13-22(21-26-25)12-11-19-27-4-2/h13-18,21H,3-12,19-20H2,1-2H3.